The van der Waals surface area contributed by atoms with Crippen LogP contribution in [-0.4, -0.2) is 163 Å². The Bertz CT molecular complexity index is 2170. The molecule has 1 saturated heterocycles. The summed E-state index contributed by atoms with van der Waals surface area (Å²) < 4.78 is 22.3. The molecule has 1 fully saturated rings. The average Bonchev–Trinajstić information content (AvgIpc) is 3.33. The van der Waals surface area contributed by atoms with E-state index >= 15 is 0 Å². The lowest BCUT2D eigenvalue weighted by Crippen LogP contribution is -2.58. The summed E-state index contributed by atoms with van der Waals surface area (Å²) in [5, 5.41) is 40.8. The number of aliphatic imine (C=N–C) groups is 1. The number of aryl methyl sites for hydroxylation is 1. The van der Waals surface area contributed by atoms with Crippen LogP contribution in [0.1, 0.15) is 56.3 Å². The minimum Gasteiger partial charge on any atom is -0.491 e. The lowest BCUT2D eigenvalue weighted by Gasteiger charge is -2.26. The van der Waals surface area contributed by atoms with Gasteiger partial charge in [0.15, 0.2) is 11.8 Å². The normalized spacial score (nSPS) is 17.9. The van der Waals surface area contributed by atoms with Crippen molar-refractivity contribution in [3.8, 4) is 17.1 Å². The quantitative estimate of drug-likeness (QED) is 0.0231. The predicted molar refractivity (Wildman–Crippen MR) is 250 cm³/mol. The van der Waals surface area contributed by atoms with Crippen LogP contribution in [-0.2, 0) is 54.2 Å². The number of hydrogen-bond acceptors (Lipinski definition) is 16. The highest BCUT2D eigenvalue weighted by Crippen LogP contribution is 2.18. The molecule has 0 spiro atoms. The molecule has 1 aliphatic heterocycles. The van der Waals surface area contributed by atoms with Crippen molar-refractivity contribution in [2.75, 3.05) is 65.9 Å². The minimum atomic E-state index is -1.61. The highest BCUT2D eigenvalue weighted by Gasteiger charge is 2.33. The number of nitrogens with two attached hydrogens (primary N) is 2. The van der Waals surface area contributed by atoms with E-state index in [0.717, 1.165) is 5.56 Å². The fourth-order valence-corrected chi connectivity index (χ4v) is 6.65. The van der Waals surface area contributed by atoms with Crippen molar-refractivity contribution in [2.24, 2.45) is 16.5 Å². The van der Waals surface area contributed by atoms with Crippen molar-refractivity contribution in [1.82, 2.24) is 52.3 Å². The fourth-order valence-electron chi connectivity index (χ4n) is 6.65. The molecule has 1 aromatic heterocycles. The Morgan fingerprint density at radius 2 is 1.29 bits per heavy atom. The maximum atomic E-state index is 14.0. The molecule has 0 aliphatic carbocycles. The SMILES string of the molecule is Cc1nnc(-c2ccc(OCCOCCOCCOCCC(=O)NCCCC[C@@H]3NC(=O)[C@@H](Cc4ccccc4)NC(=O)[C@H](CC(=O)O)NC(=O)CNC(=O)[C@H](CCCN=C(N)N)NC3=O)cc2)nn1. The lowest BCUT2D eigenvalue weighted by molar-refractivity contribution is -0.141. The smallest absolute Gasteiger partial charge is 0.305 e. The molecular weight excluding hydrogens is 915 g/mol. The number of carbonyl (C=O) groups is 7. The summed E-state index contributed by atoms with van der Waals surface area (Å²) in [5.41, 5.74) is 12.3. The van der Waals surface area contributed by atoms with Crippen molar-refractivity contribution in [3.05, 3.63) is 66.0 Å². The van der Waals surface area contributed by atoms with Crippen molar-refractivity contribution < 1.29 is 57.6 Å². The van der Waals surface area contributed by atoms with Gasteiger partial charge < -0.3 is 67.4 Å². The van der Waals surface area contributed by atoms with E-state index in [-0.39, 0.29) is 70.3 Å². The molecule has 1 aliphatic rings. The molecule has 0 unspecified atom stereocenters. The number of ether oxygens (including phenoxy) is 4. The molecule has 4 atom stereocenters. The van der Waals surface area contributed by atoms with Gasteiger partial charge in [0.2, 0.25) is 41.3 Å². The van der Waals surface area contributed by atoms with Crippen LogP contribution in [0.2, 0.25) is 0 Å². The second-order valence-corrected chi connectivity index (χ2v) is 15.8. The Labute approximate surface area is 404 Å². The summed E-state index contributed by atoms with van der Waals surface area (Å²) in [6, 6.07) is 10.5. The Morgan fingerprint density at radius 1 is 0.700 bits per heavy atom. The first-order valence-electron chi connectivity index (χ1n) is 22.8. The van der Waals surface area contributed by atoms with Crippen molar-refractivity contribution >= 4 is 47.4 Å². The van der Waals surface area contributed by atoms with E-state index in [9.17, 15) is 38.7 Å². The second kappa shape index (κ2) is 30.9. The fraction of sp³-hybridized carbons (Fsp3) is 0.511. The van der Waals surface area contributed by atoms with Gasteiger partial charge in [-0.1, -0.05) is 30.3 Å². The third-order valence-corrected chi connectivity index (χ3v) is 10.2. The Balaban J connectivity index is 1.20. The van der Waals surface area contributed by atoms with E-state index < -0.39 is 72.6 Å². The molecule has 2 aromatic carbocycles. The van der Waals surface area contributed by atoms with Crippen LogP contribution in [0.4, 0.5) is 0 Å². The van der Waals surface area contributed by atoms with E-state index in [1.807, 2.05) is 12.1 Å². The molecule has 0 radical (unpaired) electrons. The number of aliphatic carboxylic acids is 1. The number of carbonyl (C=O) groups excluding carboxylic acids is 6. The van der Waals surface area contributed by atoms with Crippen LogP contribution < -0.4 is 48.1 Å². The predicted octanol–water partition coefficient (Wildman–Crippen LogP) is -1.81. The first kappa shape index (κ1) is 55.2. The second-order valence-electron chi connectivity index (χ2n) is 15.8. The molecule has 380 valence electrons. The molecular formula is C45H63N13O12. The van der Waals surface area contributed by atoms with Gasteiger partial charge in [-0.15, -0.1) is 20.4 Å². The number of nitrogens with one attached hydrogen (secondary N) is 6. The molecule has 6 amide bonds. The van der Waals surface area contributed by atoms with Gasteiger partial charge in [0.25, 0.3) is 0 Å². The molecule has 0 bridgehead atoms. The maximum Gasteiger partial charge on any atom is 0.305 e. The van der Waals surface area contributed by atoms with Gasteiger partial charge in [-0.2, -0.15) is 0 Å². The van der Waals surface area contributed by atoms with E-state index in [4.69, 9.17) is 30.4 Å². The van der Waals surface area contributed by atoms with Crippen LogP contribution in [0.3, 0.4) is 0 Å². The molecule has 4 rings (SSSR count). The van der Waals surface area contributed by atoms with Gasteiger partial charge in [-0.05, 0) is 68.9 Å². The van der Waals surface area contributed by atoms with E-state index in [1.54, 1.807) is 49.4 Å². The van der Waals surface area contributed by atoms with Crippen LogP contribution in [0, 0.1) is 6.92 Å². The molecule has 25 nitrogen and oxygen atoms in total. The zero-order valence-electron chi connectivity index (χ0n) is 39.1. The number of unbranched alkanes of at least 4 members (excludes halogenated alkanes) is 1. The van der Waals surface area contributed by atoms with Gasteiger partial charge in [0.1, 0.15) is 36.5 Å². The van der Waals surface area contributed by atoms with Crippen LogP contribution >= 0.6 is 0 Å². The third kappa shape index (κ3) is 21.7. The molecule has 3 aromatic rings. The number of amides is 6. The third-order valence-electron chi connectivity index (χ3n) is 10.2. The van der Waals surface area contributed by atoms with Gasteiger partial charge >= 0.3 is 5.97 Å². The van der Waals surface area contributed by atoms with Crippen molar-refractivity contribution in [3.63, 3.8) is 0 Å². The average molecular weight is 978 g/mol. The maximum absolute atomic E-state index is 14.0. The zero-order chi connectivity index (χ0) is 50.5. The van der Waals surface area contributed by atoms with Crippen LogP contribution in [0.5, 0.6) is 5.75 Å². The van der Waals surface area contributed by atoms with Gasteiger partial charge in [0, 0.05) is 31.5 Å². The largest absolute Gasteiger partial charge is 0.491 e. The monoisotopic (exact) mass is 977 g/mol. The van der Waals surface area contributed by atoms with E-state index in [0.29, 0.717) is 68.8 Å². The van der Waals surface area contributed by atoms with Crippen LogP contribution in [0.25, 0.3) is 11.4 Å². The summed E-state index contributed by atoms with van der Waals surface area (Å²) in [5.74, 6) is -4.36. The Morgan fingerprint density at radius 3 is 1.94 bits per heavy atom. The molecule has 70 heavy (non-hydrogen) atoms. The minimum absolute atomic E-state index is 0.0331. The van der Waals surface area contributed by atoms with E-state index in [2.05, 4.69) is 57.3 Å². The number of guanidine groups is 1. The number of aromatic nitrogens is 4. The molecule has 2 heterocycles. The standard InChI is InChI=1S/C45H63N13O12/c1-29-55-57-40(58-56-29)31-12-14-32(15-13-31)70-25-24-69-23-22-68-21-20-67-19-16-37(59)48-17-6-5-10-34-42(64)52-33(11-7-18-49-45(46)47)41(63)50-28-38(60)51-36(27-39(61)62)44(66)54-35(43(65)53-34)26-30-8-3-2-4-9-30/h2-4,8-9,12-15,33-36H,5-7,10-11,16-28H2,1H3,(H,48,59)(H,50,63)(H,51,60)(H,52,64)(H,53,65)(H,54,66)(H,61,62)(H4,46,47,49)/t33-,34-,35+,36-/m0/s1. The number of carboxylic acid groups (broad SMARTS) is 1. The van der Waals surface area contributed by atoms with Gasteiger partial charge in [0.05, 0.1) is 52.6 Å². The molecule has 0 saturated carbocycles. The summed E-state index contributed by atoms with van der Waals surface area (Å²) >= 11 is 0. The number of nitrogens with zero attached hydrogens (tertiary/aromatic N) is 5. The summed E-state index contributed by atoms with van der Waals surface area (Å²) in [7, 11) is 0. The lowest BCUT2D eigenvalue weighted by atomic mass is 10.0. The Kier molecular flexibility index (Phi) is 24.4. The van der Waals surface area contributed by atoms with Crippen molar-refractivity contribution in [2.45, 2.75) is 82.5 Å². The first-order valence-corrected chi connectivity index (χ1v) is 22.8. The summed E-state index contributed by atoms with van der Waals surface area (Å²) in [4.78, 5) is 95.6. The van der Waals surface area contributed by atoms with Gasteiger partial charge in [-0.3, -0.25) is 38.6 Å². The Hall–Kier alpha value is -7.38. The van der Waals surface area contributed by atoms with E-state index in [1.165, 1.54) is 0 Å². The molecule has 11 N–H and O–H groups in total. The first-order chi connectivity index (χ1) is 33.8. The number of hydrogen-bond donors (Lipinski definition) is 9. The zero-order valence-corrected chi connectivity index (χ0v) is 39.1. The number of carboxylic acids is 1. The summed E-state index contributed by atoms with van der Waals surface area (Å²) in [6.45, 7) is 3.58. The summed E-state index contributed by atoms with van der Waals surface area (Å²) in [6.07, 6.45) is 0.284. The van der Waals surface area contributed by atoms with Gasteiger partial charge in [-0.25, -0.2) is 0 Å². The number of benzene rings is 2. The number of rotatable bonds is 27. The topological polar surface area (TPSA) is 365 Å². The highest BCUT2D eigenvalue weighted by atomic mass is 16.6. The van der Waals surface area contributed by atoms with Crippen LogP contribution in [0.15, 0.2) is 59.6 Å². The van der Waals surface area contributed by atoms with Crippen molar-refractivity contribution in [1.29, 1.82) is 0 Å². The highest BCUT2D eigenvalue weighted by molar-refractivity contribution is 5.98. The molecule has 25 heteroatoms.